The molecule has 0 heterocycles. The van der Waals surface area contributed by atoms with Gasteiger partial charge in [-0.05, 0) is 85.9 Å². The van der Waals surface area contributed by atoms with Gasteiger partial charge >= 0.3 is 5.97 Å². The van der Waals surface area contributed by atoms with Crippen molar-refractivity contribution in [2.24, 2.45) is 46.3 Å². The van der Waals surface area contributed by atoms with E-state index in [0.717, 1.165) is 18.8 Å². The van der Waals surface area contributed by atoms with Crippen LogP contribution < -0.4 is 0 Å². The van der Waals surface area contributed by atoms with Gasteiger partial charge in [0.05, 0.1) is 5.60 Å². The summed E-state index contributed by atoms with van der Waals surface area (Å²) in [6, 6.07) is 0. The van der Waals surface area contributed by atoms with Crippen LogP contribution in [0.5, 0.6) is 0 Å². The van der Waals surface area contributed by atoms with Gasteiger partial charge in [-0.3, -0.25) is 4.79 Å². The fourth-order valence-corrected chi connectivity index (χ4v) is 8.42. The second kappa shape index (κ2) is 8.85. The molecule has 3 nitrogen and oxygen atoms in total. The first-order valence-electron chi connectivity index (χ1n) is 13.7. The number of aliphatic hydroxyl groups is 1. The standard InChI is InChI=1S/C30H48O3/c1-19(2)20(3)8-9-21(4)25-10-11-26-24-13-17-30(32)18-23(33-22(5)31)12-16-29(30,7)27(24)14-15-28(25,26)6/h8-9,13,19-21,23,25-27,32H,10-12,14-18H2,1-7H3/t20-,21+,23-,25+,26-,27-,28+,29+,30+/m0/s1. The van der Waals surface area contributed by atoms with Gasteiger partial charge in [-0.2, -0.15) is 0 Å². The Hall–Kier alpha value is -1.09. The normalized spacial score (nSPS) is 44.6. The minimum atomic E-state index is -0.756. The van der Waals surface area contributed by atoms with Crippen molar-refractivity contribution in [2.45, 2.75) is 112 Å². The Kier molecular flexibility index (Phi) is 6.71. The van der Waals surface area contributed by atoms with E-state index in [9.17, 15) is 9.90 Å². The van der Waals surface area contributed by atoms with Gasteiger partial charge in [0.2, 0.25) is 0 Å². The van der Waals surface area contributed by atoms with Crippen LogP contribution >= 0.6 is 0 Å². The molecule has 3 saturated carbocycles. The molecule has 0 spiro atoms. The maximum Gasteiger partial charge on any atom is 0.302 e. The van der Waals surface area contributed by atoms with Gasteiger partial charge in [0, 0.05) is 18.8 Å². The summed E-state index contributed by atoms with van der Waals surface area (Å²) in [5.74, 6) is 3.59. The van der Waals surface area contributed by atoms with Gasteiger partial charge in [0.25, 0.3) is 0 Å². The highest BCUT2D eigenvalue weighted by molar-refractivity contribution is 5.66. The van der Waals surface area contributed by atoms with E-state index in [2.05, 4.69) is 59.8 Å². The molecule has 0 saturated heterocycles. The average molecular weight is 457 g/mol. The van der Waals surface area contributed by atoms with E-state index in [-0.39, 0.29) is 17.5 Å². The van der Waals surface area contributed by atoms with Crippen LogP contribution in [0.1, 0.15) is 99.8 Å². The third-order valence-electron chi connectivity index (χ3n) is 11.0. The lowest BCUT2D eigenvalue weighted by Crippen LogP contribution is -2.60. The molecule has 0 amide bonds. The number of allylic oxidation sites excluding steroid dienone is 3. The molecule has 186 valence electrons. The molecular formula is C30H48O3. The van der Waals surface area contributed by atoms with Crippen molar-refractivity contribution >= 4 is 5.97 Å². The van der Waals surface area contributed by atoms with Gasteiger partial charge in [0.1, 0.15) is 6.10 Å². The Labute approximate surface area is 202 Å². The first kappa shape index (κ1) is 25.0. The molecule has 1 N–H and O–H groups in total. The maximum absolute atomic E-state index is 11.8. The molecule has 0 aromatic carbocycles. The summed E-state index contributed by atoms with van der Waals surface area (Å²) in [6.07, 6.45) is 15.5. The molecule has 9 atom stereocenters. The molecule has 4 rings (SSSR count). The lowest BCUT2D eigenvalue weighted by atomic mass is 9.46. The fourth-order valence-electron chi connectivity index (χ4n) is 8.42. The van der Waals surface area contributed by atoms with E-state index in [1.807, 2.05) is 0 Å². The Bertz CT molecular complexity index is 811. The van der Waals surface area contributed by atoms with Crippen molar-refractivity contribution in [1.82, 2.24) is 0 Å². The Morgan fingerprint density at radius 3 is 2.45 bits per heavy atom. The number of rotatable bonds is 5. The first-order valence-corrected chi connectivity index (χ1v) is 13.7. The van der Waals surface area contributed by atoms with Gasteiger partial charge in [-0.1, -0.05) is 65.3 Å². The molecule has 0 radical (unpaired) electrons. The number of hydrogen-bond donors (Lipinski definition) is 1. The van der Waals surface area contributed by atoms with E-state index in [0.29, 0.717) is 47.8 Å². The van der Waals surface area contributed by atoms with Crippen LogP contribution in [0, 0.1) is 46.3 Å². The summed E-state index contributed by atoms with van der Waals surface area (Å²) in [5.41, 5.74) is 1.17. The van der Waals surface area contributed by atoms with E-state index < -0.39 is 5.60 Å². The number of esters is 1. The predicted octanol–water partition coefficient (Wildman–Crippen LogP) is 7.10. The Balaban J connectivity index is 1.55. The van der Waals surface area contributed by atoms with Crippen molar-refractivity contribution in [1.29, 1.82) is 0 Å². The van der Waals surface area contributed by atoms with Gasteiger partial charge in [-0.25, -0.2) is 0 Å². The summed E-state index contributed by atoms with van der Waals surface area (Å²) in [7, 11) is 0. The first-order chi connectivity index (χ1) is 15.4. The molecule has 3 heteroatoms. The summed E-state index contributed by atoms with van der Waals surface area (Å²) >= 11 is 0. The molecule has 3 fully saturated rings. The van der Waals surface area contributed by atoms with Crippen LogP contribution in [0.15, 0.2) is 23.8 Å². The fraction of sp³-hybridized carbons (Fsp3) is 0.833. The minimum Gasteiger partial charge on any atom is -0.462 e. The second-order valence-corrected chi connectivity index (χ2v) is 13.0. The zero-order valence-corrected chi connectivity index (χ0v) is 22.2. The zero-order valence-electron chi connectivity index (χ0n) is 22.2. The molecule has 0 aromatic heterocycles. The lowest BCUT2D eigenvalue weighted by molar-refractivity contribution is -0.183. The molecule has 4 aliphatic carbocycles. The SMILES string of the molecule is CC(=O)O[C@H]1CC[C@]2(C)[C@H]3CC[C@]4(C)[C@@H]([C@H](C)C=C[C@H](C)C(C)C)CC[C@H]4C3=CC[C@@]2(O)C1. The van der Waals surface area contributed by atoms with Crippen LogP contribution in [0.2, 0.25) is 0 Å². The summed E-state index contributed by atoms with van der Waals surface area (Å²) in [5, 5.41) is 11.8. The van der Waals surface area contributed by atoms with Crippen molar-refractivity contribution in [3.63, 3.8) is 0 Å². The van der Waals surface area contributed by atoms with Crippen LogP contribution in [-0.4, -0.2) is 22.8 Å². The number of carbonyl (C=O) groups excluding carboxylic acids is 1. The highest BCUT2D eigenvalue weighted by Gasteiger charge is 2.62. The molecule has 0 aromatic rings. The van der Waals surface area contributed by atoms with Gasteiger partial charge < -0.3 is 9.84 Å². The number of ether oxygens (including phenoxy) is 1. The molecule has 0 aliphatic heterocycles. The van der Waals surface area contributed by atoms with Crippen LogP contribution in [0.3, 0.4) is 0 Å². The number of fused-ring (bicyclic) bond motifs is 5. The van der Waals surface area contributed by atoms with E-state index in [1.165, 1.54) is 32.6 Å². The summed E-state index contributed by atoms with van der Waals surface area (Å²) < 4.78 is 5.54. The van der Waals surface area contributed by atoms with E-state index >= 15 is 0 Å². The van der Waals surface area contributed by atoms with Crippen molar-refractivity contribution in [3.05, 3.63) is 23.8 Å². The largest absolute Gasteiger partial charge is 0.462 e. The topological polar surface area (TPSA) is 46.5 Å². The number of carbonyl (C=O) groups is 1. The maximum atomic E-state index is 11.8. The molecule has 33 heavy (non-hydrogen) atoms. The zero-order chi connectivity index (χ0) is 24.2. The van der Waals surface area contributed by atoms with E-state index in [4.69, 9.17) is 4.74 Å². The van der Waals surface area contributed by atoms with Gasteiger partial charge in [0.15, 0.2) is 0 Å². The van der Waals surface area contributed by atoms with Gasteiger partial charge in [-0.15, -0.1) is 0 Å². The molecule has 0 unspecified atom stereocenters. The molecule has 4 aliphatic rings. The number of hydrogen-bond acceptors (Lipinski definition) is 3. The monoisotopic (exact) mass is 456 g/mol. The highest BCUT2D eigenvalue weighted by atomic mass is 16.5. The van der Waals surface area contributed by atoms with Crippen molar-refractivity contribution in [3.8, 4) is 0 Å². The third-order valence-corrected chi connectivity index (χ3v) is 11.0. The summed E-state index contributed by atoms with van der Waals surface area (Å²) in [6.45, 7) is 15.8. The third kappa shape index (κ3) is 4.15. The summed E-state index contributed by atoms with van der Waals surface area (Å²) in [4.78, 5) is 11.5. The Morgan fingerprint density at radius 1 is 1.06 bits per heavy atom. The Morgan fingerprint density at radius 2 is 1.79 bits per heavy atom. The van der Waals surface area contributed by atoms with Crippen molar-refractivity contribution < 1.29 is 14.6 Å². The highest BCUT2D eigenvalue weighted by Crippen LogP contribution is 2.67. The van der Waals surface area contributed by atoms with E-state index in [1.54, 1.807) is 5.57 Å². The second-order valence-electron chi connectivity index (χ2n) is 13.0. The predicted molar refractivity (Wildman–Crippen MR) is 135 cm³/mol. The molecular weight excluding hydrogens is 408 g/mol. The average Bonchev–Trinajstić information content (AvgIpc) is 3.09. The van der Waals surface area contributed by atoms with Crippen LogP contribution in [0.4, 0.5) is 0 Å². The van der Waals surface area contributed by atoms with Crippen molar-refractivity contribution in [2.75, 3.05) is 0 Å². The molecule has 0 bridgehead atoms. The van der Waals surface area contributed by atoms with Crippen LogP contribution in [0.25, 0.3) is 0 Å². The smallest absolute Gasteiger partial charge is 0.302 e. The lowest BCUT2D eigenvalue weighted by Gasteiger charge is -2.61. The van der Waals surface area contributed by atoms with Crippen LogP contribution in [-0.2, 0) is 9.53 Å². The minimum absolute atomic E-state index is 0.106. The quantitative estimate of drug-likeness (QED) is 0.354.